The van der Waals surface area contributed by atoms with E-state index in [1.165, 1.54) is 0 Å². The van der Waals surface area contributed by atoms with E-state index in [4.69, 9.17) is 5.50 Å². The molecule has 13 heteroatoms. The molecule has 0 aromatic carbocycles. The minimum Gasteiger partial charge on any atom is -0.429 e. The molecule has 0 atom stereocenters. The Kier molecular flexibility index (Phi) is 3.65. The van der Waals surface area contributed by atoms with Gasteiger partial charge >= 0.3 is 31.0 Å². The van der Waals surface area contributed by atoms with Gasteiger partial charge in [-0.25, -0.2) is 10.1 Å². The van der Waals surface area contributed by atoms with Crippen LogP contribution in [0.15, 0.2) is 33.5 Å². The van der Waals surface area contributed by atoms with Crippen LogP contribution in [-0.2, 0) is 4.57 Å². The number of hydrogen-bond acceptors (Lipinski definition) is 9. The maximum absolute atomic E-state index is 11.9. The van der Waals surface area contributed by atoms with Crippen LogP contribution in [0.2, 0.25) is 0 Å². The van der Waals surface area contributed by atoms with E-state index in [-0.39, 0.29) is 0 Å². The average Bonchev–Trinajstić information content (AvgIpc) is 2.96. The fourth-order valence-corrected chi connectivity index (χ4v) is 2.01. The standard InChI is InChI=1S/C8H6N3O9P/c9-21(16,19-7-5(10(12)13)1-3-17-7)20-8-6(11(14)15)2-4-18-8/h1-4H,(H2,9,16). The van der Waals surface area contributed by atoms with Gasteiger partial charge in [-0.05, 0) is 0 Å². The fourth-order valence-electron chi connectivity index (χ4n) is 1.23. The van der Waals surface area contributed by atoms with Crippen molar-refractivity contribution in [3.8, 4) is 11.9 Å². The van der Waals surface area contributed by atoms with Gasteiger partial charge in [0.2, 0.25) is 0 Å². The van der Waals surface area contributed by atoms with Crippen molar-refractivity contribution in [1.29, 1.82) is 0 Å². The number of furan rings is 2. The second-order valence-corrected chi connectivity index (χ2v) is 4.87. The molecule has 0 aliphatic carbocycles. The SMILES string of the molecule is NP(=O)(Oc1occc1[N+](=O)[O-])Oc1occc1[N+](=O)[O-]. The molecule has 0 amide bonds. The summed E-state index contributed by atoms with van der Waals surface area (Å²) in [5, 5.41) is 21.2. The molecule has 112 valence electrons. The van der Waals surface area contributed by atoms with Crippen molar-refractivity contribution in [2.75, 3.05) is 0 Å². The molecular weight excluding hydrogens is 313 g/mol. The highest BCUT2D eigenvalue weighted by Gasteiger charge is 2.34. The lowest BCUT2D eigenvalue weighted by atomic mass is 10.5. The normalized spacial score (nSPS) is 11.1. The van der Waals surface area contributed by atoms with E-state index in [9.17, 15) is 24.8 Å². The Morgan fingerprint density at radius 2 is 1.38 bits per heavy atom. The van der Waals surface area contributed by atoms with Gasteiger partial charge in [-0.3, -0.25) is 20.2 Å². The molecule has 0 aliphatic rings. The minimum atomic E-state index is -4.50. The highest BCUT2D eigenvalue weighted by Crippen LogP contribution is 2.46. The summed E-state index contributed by atoms with van der Waals surface area (Å²) in [6.45, 7) is 0. The first-order valence-corrected chi connectivity index (χ1v) is 6.63. The lowest BCUT2D eigenvalue weighted by molar-refractivity contribution is -0.386. The molecule has 0 spiro atoms. The van der Waals surface area contributed by atoms with Gasteiger partial charge in [-0.2, -0.15) is 0 Å². The van der Waals surface area contributed by atoms with Gasteiger partial charge in [0.15, 0.2) is 0 Å². The lowest BCUT2D eigenvalue weighted by Crippen LogP contribution is -2.09. The first kappa shape index (κ1) is 14.6. The van der Waals surface area contributed by atoms with Gasteiger partial charge < -0.3 is 17.9 Å². The number of hydrogen-bond donors (Lipinski definition) is 1. The molecule has 2 heterocycles. The Morgan fingerprint density at radius 3 is 1.71 bits per heavy atom. The summed E-state index contributed by atoms with van der Waals surface area (Å²) in [6.07, 6.45) is 1.81. The van der Waals surface area contributed by atoms with Crippen LogP contribution in [0.25, 0.3) is 0 Å². The molecule has 0 unspecified atom stereocenters. The molecule has 0 saturated heterocycles. The van der Waals surface area contributed by atoms with Crippen LogP contribution in [0, 0.1) is 20.2 Å². The van der Waals surface area contributed by atoms with E-state index in [1.54, 1.807) is 0 Å². The molecule has 0 aliphatic heterocycles. The van der Waals surface area contributed by atoms with E-state index < -0.39 is 40.9 Å². The maximum atomic E-state index is 11.9. The maximum Gasteiger partial charge on any atom is 0.515 e. The summed E-state index contributed by atoms with van der Waals surface area (Å²) >= 11 is 0. The largest absolute Gasteiger partial charge is 0.515 e. The molecule has 0 bridgehead atoms. The Hall–Kier alpha value is -2.85. The molecule has 0 saturated carbocycles. The van der Waals surface area contributed by atoms with Crippen molar-refractivity contribution in [2.24, 2.45) is 5.50 Å². The third kappa shape index (κ3) is 3.19. The first-order valence-electron chi connectivity index (χ1n) is 5.02. The monoisotopic (exact) mass is 319 g/mol. The van der Waals surface area contributed by atoms with Gasteiger partial charge in [0, 0.05) is 0 Å². The zero-order valence-electron chi connectivity index (χ0n) is 9.90. The molecule has 2 aromatic heterocycles. The number of nitrogens with two attached hydrogens (primary N) is 1. The van der Waals surface area contributed by atoms with E-state index in [1.807, 2.05) is 0 Å². The zero-order valence-corrected chi connectivity index (χ0v) is 10.8. The van der Waals surface area contributed by atoms with E-state index in [2.05, 4.69) is 17.9 Å². The molecule has 2 N–H and O–H groups in total. The quantitative estimate of drug-likeness (QED) is 0.472. The Labute approximate surface area is 114 Å². The van der Waals surface area contributed by atoms with Crippen LogP contribution in [0.5, 0.6) is 11.9 Å². The van der Waals surface area contributed by atoms with E-state index in [0.29, 0.717) is 0 Å². The molecular formula is C8H6N3O9P. The lowest BCUT2D eigenvalue weighted by Gasteiger charge is -2.10. The Balaban J connectivity index is 2.21. The number of rotatable bonds is 6. The van der Waals surface area contributed by atoms with Crippen molar-refractivity contribution in [1.82, 2.24) is 0 Å². The first-order chi connectivity index (χ1) is 9.80. The Bertz CT molecular complexity index is 677. The highest BCUT2D eigenvalue weighted by atomic mass is 31.2. The second kappa shape index (κ2) is 5.26. The van der Waals surface area contributed by atoms with Crippen LogP contribution in [0.3, 0.4) is 0 Å². The smallest absolute Gasteiger partial charge is 0.429 e. The van der Waals surface area contributed by atoms with Crippen molar-refractivity contribution >= 4 is 19.1 Å². The van der Waals surface area contributed by atoms with Gasteiger partial charge in [0.25, 0.3) is 0 Å². The summed E-state index contributed by atoms with van der Waals surface area (Å²) in [7, 11) is -4.50. The Morgan fingerprint density at radius 1 is 1.00 bits per heavy atom. The van der Waals surface area contributed by atoms with Crippen molar-refractivity contribution in [3.63, 3.8) is 0 Å². The topological polar surface area (TPSA) is 174 Å². The van der Waals surface area contributed by atoms with Gasteiger partial charge in [-0.1, -0.05) is 0 Å². The summed E-state index contributed by atoms with van der Waals surface area (Å²) in [5.74, 6) is -1.53. The van der Waals surface area contributed by atoms with Crippen LogP contribution >= 0.6 is 7.75 Å². The molecule has 0 radical (unpaired) electrons. The third-order valence-electron chi connectivity index (χ3n) is 2.03. The molecule has 2 aromatic rings. The fraction of sp³-hybridized carbons (Fsp3) is 0. The molecule has 2 rings (SSSR count). The molecule has 12 nitrogen and oxygen atoms in total. The van der Waals surface area contributed by atoms with Crippen molar-refractivity contribution in [2.45, 2.75) is 0 Å². The van der Waals surface area contributed by atoms with Crippen molar-refractivity contribution < 1.29 is 32.3 Å². The van der Waals surface area contributed by atoms with Crippen LogP contribution in [0.1, 0.15) is 0 Å². The van der Waals surface area contributed by atoms with Gasteiger partial charge in [0.1, 0.15) is 12.5 Å². The van der Waals surface area contributed by atoms with Gasteiger partial charge in [0.05, 0.1) is 22.0 Å². The number of nitrogens with zero attached hydrogens (tertiary/aromatic N) is 2. The van der Waals surface area contributed by atoms with E-state index in [0.717, 1.165) is 24.7 Å². The van der Waals surface area contributed by atoms with Crippen LogP contribution in [0.4, 0.5) is 11.4 Å². The summed E-state index contributed by atoms with van der Waals surface area (Å²) in [5.41, 5.74) is 3.90. The van der Waals surface area contributed by atoms with Gasteiger partial charge in [-0.15, -0.1) is 0 Å². The third-order valence-corrected chi connectivity index (χ3v) is 2.87. The van der Waals surface area contributed by atoms with Crippen molar-refractivity contribution in [3.05, 3.63) is 44.9 Å². The van der Waals surface area contributed by atoms with E-state index >= 15 is 0 Å². The second-order valence-electron chi connectivity index (χ2n) is 3.42. The van der Waals surface area contributed by atoms with Crippen LogP contribution in [-0.4, -0.2) is 9.85 Å². The molecule has 0 fully saturated rings. The predicted molar refractivity (Wildman–Crippen MR) is 63.8 cm³/mol. The highest BCUT2D eigenvalue weighted by molar-refractivity contribution is 7.52. The summed E-state index contributed by atoms with van der Waals surface area (Å²) in [6, 6.07) is 1.87. The van der Waals surface area contributed by atoms with Crippen LogP contribution < -0.4 is 14.6 Å². The summed E-state index contributed by atoms with van der Waals surface area (Å²) in [4.78, 5) is 19.5. The zero-order chi connectivity index (χ0) is 15.6. The number of nitro groups is 2. The predicted octanol–water partition coefficient (Wildman–Crippen LogP) is 2.21. The minimum absolute atomic E-state index is 0.641. The summed E-state index contributed by atoms with van der Waals surface area (Å²) < 4.78 is 30.2. The molecule has 21 heavy (non-hydrogen) atoms. The average molecular weight is 319 g/mol.